The van der Waals surface area contributed by atoms with E-state index < -0.39 is 11.8 Å². The molecule has 0 radical (unpaired) electrons. The fraction of sp³-hybridized carbons (Fsp3) is 0.400. The van der Waals surface area contributed by atoms with Crippen molar-refractivity contribution in [2.24, 2.45) is 5.41 Å². The van der Waals surface area contributed by atoms with Gasteiger partial charge in [0.25, 0.3) is 0 Å². The average Bonchev–Trinajstić information content (AvgIpc) is 3.65. The van der Waals surface area contributed by atoms with Gasteiger partial charge in [-0.2, -0.15) is 5.26 Å². The Labute approximate surface area is 233 Å². The van der Waals surface area contributed by atoms with Crippen molar-refractivity contribution >= 4 is 33.9 Å². The van der Waals surface area contributed by atoms with Crippen molar-refractivity contribution in [1.29, 1.82) is 5.26 Å². The monoisotopic (exact) mass is 544 g/mol. The molecule has 4 aromatic rings. The van der Waals surface area contributed by atoms with Crippen LogP contribution in [0.2, 0.25) is 5.02 Å². The van der Waals surface area contributed by atoms with Gasteiger partial charge in [-0.3, -0.25) is 4.98 Å². The van der Waals surface area contributed by atoms with E-state index in [4.69, 9.17) is 11.6 Å². The summed E-state index contributed by atoms with van der Waals surface area (Å²) in [5, 5.41) is 26.6. The molecule has 2 N–H and O–H groups in total. The largest absolute Gasteiger partial charge is 0.380 e. The predicted octanol–water partition coefficient (Wildman–Crippen LogP) is 7.41. The summed E-state index contributed by atoms with van der Waals surface area (Å²) in [6, 6.07) is 10.6. The van der Waals surface area contributed by atoms with Crippen molar-refractivity contribution in [2.75, 3.05) is 10.6 Å². The number of pyridine rings is 1. The third-order valence-corrected chi connectivity index (χ3v) is 8.25. The van der Waals surface area contributed by atoms with E-state index in [1.807, 2.05) is 6.07 Å². The van der Waals surface area contributed by atoms with Gasteiger partial charge in [0.2, 0.25) is 0 Å². The van der Waals surface area contributed by atoms with Gasteiger partial charge in [0.1, 0.15) is 17.6 Å². The Morgan fingerprint density at radius 3 is 2.72 bits per heavy atom. The molecule has 6 rings (SSSR count). The molecule has 0 unspecified atom stereocenters. The molecular weight excluding hydrogens is 513 g/mol. The van der Waals surface area contributed by atoms with Gasteiger partial charge in [-0.25, -0.2) is 9.07 Å². The summed E-state index contributed by atoms with van der Waals surface area (Å²) in [6.07, 6.45) is 9.81. The first-order valence-corrected chi connectivity index (χ1v) is 13.8. The molecule has 0 bridgehead atoms. The van der Waals surface area contributed by atoms with E-state index >= 15 is 0 Å². The third-order valence-electron chi connectivity index (χ3n) is 7.96. The first-order valence-electron chi connectivity index (χ1n) is 13.9. The van der Waals surface area contributed by atoms with Crippen molar-refractivity contribution in [1.82, 2.24) is 20.0 Å². The Kier molecular flexibility index (Phi) is 6.32. The highest BCUT2D eigenvalue weighted by molar-refractivity contribution is 6.35. The van der Waals surface area contributed by atoms with Crippen LogP contribution >= 0.6 is 11.6 Å². The topological polar surface area (TPSA) is 91.5 Å². The molecule has 0 saturated heterocycles. The van der Waals surface area contributed by atoms with Crippen LogP contribution < -0.4 is 10.6 Å². The smallest absolute Gasteiger partial charge is 0.123 e. The number of anilines is 2. The molecule has 2 aromatic heterocycles. The van der Waals surface area contributed by atoms with Crippen LogP contribution in [0.5, 0.6) is 0 Å². The fourth-order valence-corrected chi connectivity index (χ4v) is 5.73. The van der Waals surface area contributed by atoms with Crippen LogP contribution in [0.1, 0.15) is 82.6 Å². The molecule has 0 spiro atoms. The summed E-state index contributed by atoms with van der Waals surface area (Å²) in [7, 11) is 0. The maximum absolute atomic E-state index is 13.8. The lowest BCUT2D eigenvalue weighted by atomic mass is 9.73. The molecule has 2 aliphatic carbocycles. The van der Waals surface area contributed by atoms with Crippen LogP contribution in [0.25, 0.3) is 10.9 Å². The van der Waals surface area contributed by atoms with Crippen LogP contribution in [0.15, 0.2) is 48.8 Å². The number of benzene rings is 2. The standard InChI is InChI=1S/C30H31ClFN7/c1-30(2)12-4-3-5-26(30)36-27-19(15-33)16-34-29-23(27)13-21(14-24(29)31)35-28(18-6-8-20(32)9-7-18)25-17-39(38-37-25)22-10-11-22/h6-9,13-14,16-17,22,26,28,35H,3-5,10-12H2,1-2H3,(H,34,36)/t26-,28+/m0/s1/i28D. The van der Waals surface area contributed by atoms with E-state index in [1.54, 1.807) is 35.3 Å². The highest BCUT2D eigenvalue weighted by Crippen LogP contribution is 2.41. The van der Waals surface area contributed by atoms with E-state index in [0.29, 0.717) is 50.2 Å². The summed E-state index contributed by atoms with van der Waals surface area (Å²) >= 11 is 6.77. The van der Waals surface area contributed by atoms with Gasteiger partial charge in [0, 0.05) is 23.3 Å². The molecule has 9 heteroatoms. The summed E-state index contributed by atoms with van der Waals surface area (Å²) in [4.78, 5) is 4.50. The van der Waals surface area contributed by atoms with Gasteiger partial charge in [-0.1, -0.05) is 55.6 Å². The number of nitrogens with one attached hydrogen (secondary N) is 2. The maximum atomic E-state index is 13.8. The molecule has 200 valence electrons. The normalized spacial score (nSPS) is 20.6. The highest BCUT2D eigenvalue weighted by atomic mass is 35.5. The zero-order valence-corrected chi connectivity index (χ0v) is 22.8. The zero-order valence-electron chi connectivity index (χ0n) is 23.0. The summed E-state index contributed by atoms with van der Waals surface area (Å²) in [5.74, 6) is -0.391. The van der Waals surface area contributed by atoms with Crippen LogP contribution in [0.4, 0.5) is 15.8 Å². The molecule has 2 saturated carbocycles. The van der Waals surface area contributed by atoms with Crippen molar-refractivity contribution in [3.05, 3.63) is 76.5 Å². The van der Waals surface area contributed by atoms with Crippen molar-refractivity contribution in [3.8, 4) is 6.07 Å². The third kappa shape index (κ3) is 5.16. The zero-order chi connectivity index (χ0) is 28.1. The molecule has 2 atom stereocenters. The number of aromatic nitrogens is 4. The van der Waals surface area contributed by atoms with Gasteiger partial charge < -0.3 is 10.6 Å². The molecule has 0 aliphatic heterocycles. The minimum absolute atomic E-state index is 0.0620. The Hall–Kier alpha value is -3.70. The average molecular weight is 545 g/mol. The maximum Gasteiger partial charge on any atom is 0.123 e. The van der Waals surface area contributed by atoms with E-state index in [2.05, 4.69) is 45.8 Å². The lowest BCUT2D eigenvalue weighted by Gasteiger charge is -2.40. The number of nitrogens with zero attached hydrogens (tertiary/aromatic N) is 5. The summed E-state index contributed by atoms with van der Waals surface area (Å²) in [6.45, 7) is 4.51. The second-order valence-corrected chi connectivity index (χ2v) is 11.7. The van der Waals surface area contributed by atoms with Gasteiger partial charge >= 0.3 is 0 Å². The van der Waals surface area contributed by atoms with E-state index in [-0.39, 0.29) is 11.5 Å². The van der Waals surface area contributed by atoms with Crippen molar-refractivity contribution in [2.45, 2.75) is 70.5 Å². The Balaban J connectivity index is 1.45. The lowest BCUT2D eigenvalue weighted by Crippen LogP contribution is -2.39. The number of rotatable bonds is 7. The number of nitriles is 1. The molecule has 2 heterocycles. The minimum atomic E-state index is -1.59. The fourth-order valence-electron chi connectivity index (χ4n) is 5.46. The SMILES string of the molecule is [2H][C@@](Nc1cc(Cl)c2ncc(C#N)c(N[C@H]3CCCCC3(C)C)c2c1)(c1ccc(F)cc1)c1cn(C2CC2)nn1. The van der Waals surface area contributed by atoms with E-state index in [1.165, 1.54) is 18.6 Å². The second-order valence-electron chi connectivity index (χ2n) is 11.3. The first-order chi connectivity index (χ1) is 19.2. The van der Waals surface area contributed by atoms with Gasteiger partial charge in [0.15, 0.2) is 0 Å². The Morgan fingerprint density at radius 1 is 1.21 bits per heavy atom. The van der Waals surface area contributed by atoms with Gasteiger partial charge in [-0.05, 0) is 60.9 Å². The molecule has 7 nitrogen and oxygen atoms in total. The lowest BCUT2D eigenvalue weighted by molar-refractivity contribution is 0.217. The van der Waals surface area contributed by atoms with Crippen LogP contribution in [-0.2, 0) is 0 Å². The molecule has 2 fully saturated rings. The number of halogens is 2. The number of hydrogen-bond acceptors (Lipinski definition) is 6. The van der Waals surface area contributed by atoms with Crippen LogP contribution in [0, 0.1) is 22.6 Å². The predicted molar refractivity (Wildman–Crippen MR) is 151 cm³/mol. The summed E-state index contributed by atoms with van der Waals surface area (Å²) in [5.41, 5.74) is 3.18. The van der Waals surface area contributed by atoms with Crippen molar-refractivity contribution < 1.29 is 5.76 Å². The van der Waals surface area contributed by atoms with Crippen molar-refractivity contribution in [3.63, 3.8) is 0 Å². The number of hydrogen-bond donors (Lipinski definition) is 2. The number of fused-ring (bicyclic) bond motifs is 1. The second kappa shape index (κ2) is 10.1. The molecule has 39 heavy (non-hydrogen) atoms. The first kappa shape index (κ1) is 24.3. The van der Waals surface area contributed by atoms with E-state index in [0.717, 1.165) is 32.1 Å². The summed E-state index contributed by atoms with van der Waals surface area (Å²) < 4.78 is 25.2. The van der Waals surface area contributed by atoms with Crippen LogP contribution in [0.3, 0.4) is 0 Å². The quantitative estimate of drug-likeness (QED) is 0.252. The molecule has 2 aromatic carbocycles. The minimum Gasteiger partial charge on any atom is -0.380 e. The van der Waals surface area contributed by atoms with Crippen LogP contribution in [-0.4, -0.2) is 26.0 Å². The Bertz CT molecular complexity index is 1610. The van der Waals surface area contributed by atoms with Gasteiger partial charge in [0.05, 0.1) is 41.4 Å². The highest BCUT2D eigenvalue weighted by Gasteiger charge is 2.33. The molecule has 0 amide bonds. The van der Waals surface area contributed by atoms with Gasteiger partial charge in [-0.15, -0.1) is 5.10 Å². The molecule has 2 aliphatic rings. The molecular formula is C30H31ClFN7. The van der Waals surface area contributed by atoms with E-state index in [9.17, 15) is 11.0 Å². The Morgan fingerprint density at radius 2 is 2.00 bits per heavy atom.